The summed E-state index contributed by atoms with van der Waals surface area (Å²) in [7, 11) is -6.13. The molecular weight excluding hydrogens is 637 g/mol. The van der Waals surface area contributed by atoms with E-state index in [0.29, 0.717) is 38.9 Å². The summed E-state index contributed by atoms with van der Waals surface area (Å²) in [6.07, 6.45) is 11.2. The van der Waals surface area contributed by atoms with Gasteiger partial charge in [-0.25, -0.2) is 13.6 Å². The predicted molar refractivity (Wildman–Crippen MR) is 187 cm³/mol. The van der Waals surface area contributed by atoms with E-state index in [1.807, 2.05) is 57.2 Å². The molecule has 0 aromatic heterocycles. The molecule has 0 radical (unpaired) electrons. The summed E-state index contributed by atoms with van der Waals surface area (Å²) in [6, 6.07) is 13.1. The molecule has 2 heterocycles. The van der Waals surface area contributed by atoms with Crippen molar-refractivity contribution in [2.75, 3.05) is 37.3 Å². The van der Waals surface area contributed by atoms with E-state index in [9.17, 15) is 21.6 Å². The van der Waals surface area contributed by atoms with Crippen LogP contribution >= 0.6 is 0 Å². The summed E-state index contributed by atoms with van der Waals surface area (Å²) in [5.74, 6) is -0.240. The number of carbonyl (C=O) groups is 1. The number of sulfonamides is 1. The van der Waals surface area contributed by atoms with Gasteiger partial charge in [-0.1, -0.05) is 50.3 Å². The highest BCUT2D eigenvalue weighted by atomic mass is 32.2. The van der Waals surface area contributed by atoms with Crippen LogP contribution in [0.4, 0.5) is 11.4 Å². The molecule has 0 saturated carbocycles. The SMILES string of the molecule is CCN(C)C(=O)CCN1\C(=C/C=C/C=C/C2=[N+](CCCCS(=O)(=O)O)c3ccccc3C2(C)C)C(C)(C)c2cc(S(N)(=O)=O)ccc21. The number of allylic oxidation sites excluding steroid dienone is 6. The minimum Gasteiger partial charge on any atom is -0.346 e. The fourth-order valence-corrected chi connectivity index (χ4v) is 7.55. The van der Waals surface area contributed by atoms with Crippen LogP contribution in [0.25, 0.3) is 0 Å². The molecule has 0 unspecified atom stereocenters. The van der Waals surface area contributed by atoms with Crippen molar-refractivity contribution < 1.29 is 30.8 Å². The quantitative estimate of drug-likeness (QED) is 0.130. The van der Waals surface area contributed by atoms with Crippen molar-refractivity contribution in [1.29, 1.82) is 0 Å². The molecule has 0 spiro atoms. The molecular formula is C35H47N4O6S2+. The zero-order chi connectivity index (χ0) is 34.8. The van der Waals surface area contributed by atoms with E-state index in [0.717, 1.165) is 28.3 Å². The molecule has 0 aliphatic carbocycles. The summed E-state index contributed by atoms with van der Waals surface area (Å²) in [4.78, 5) is 16.5. The van der Waals surface area contributed by atoms with E-state index in [2.05, 4.69) is 41.5 Å². The third-order valence-corrected chi connectivity index (χ3v) is 10.9. The third kappa shape index (κ3) is 7.94. The molecule has 0 saturated heterocycles. The van der Waals surface area contributed by atoms with E-state index in [1.54, 1.807) is 24.1 Å². The van der Waals surface area contributed by atoms with Crippen LogP contribution in [0.3, 0.4) is 0 Å². The van der Waals surface area contributed by atoms with E-state index in [1.165, 1.54) is 11.6 Å². The second-order valence-electron chi connectivity index (χ2n) is 13.1. The number of rotatable bonds is 13. The van der Waals surface area contributed by atoms with E-state index < -0.39 is 25.6 Å². The molecule has 0 bridgehead atoms. The van der Waals surface area contributed by atoms with Gasteiger partial charge in [0.25, 0.3) is 10.1 Å². The lowest BCUT2D eigenvalue weighted by Crippen LogP contribution is -2.32. The highest BCUT2D eigenvalue weighted by Gasteiger charge is 2.44. The minimum atomic E-state index is -4.00. The van der Waals surface area contributed by atoms with Gasteiger partial charge in [0.15, 0.2) is 5.71 Å². The van der Waals surface area contributed by atoms with Crippen molar-refractivity contribution in [2.45, 2.75) is 69.6 Å². The molecule has 1 amide bonds. The van der Waals surface area contributed by atoms with Gasteiger partial charge < -0.3 is 9.80 Å². The molecule has 0 fully saturated rings. The number of nitrogens with zero attached hydrogens (tertiary/aromatic N) is 3. The van der Waals surface area contributed by atoms with Gasteiger partial charge in [-0.3, -0.25) is 9.35 Å². The van der Waals surface area contributed by atoms with Crippen molar-refractivity contribution >= 4 is 43.1 Å². The number of hydrogen-bond acceptors (Lipinski definition) is 6. The minimum absolute atomic E-state index is 0.0254. The van der Waals surface area contributed by atoms with Crippen molar-refractivity contribution in [3.8, 4) is 0 Å². The number of fused-ring (bicyclic) bond motifs is 2. The standard InChI is InChI=1S/C35H46N4O6S2/c1-7-37(6)33(40)21-23-39-30-20-19-26(47(36,44)45)25-28(30)35(4,5)32(39)18-10-8-9-17-31-34(2,3)27-15-11-12-16-29(27)38(31)22-13-14-24-46(41,42)43/h8-12,15-20,25H,7,13-14,21-24H2,1-6H3,(H2-,36,41,42,43,44,45)/p+1. The van der Waals surface area contributed by atoms with Gasteiger partial charge in [-0.05, 0) is 57.0 Å². The average molecular weight is 684 g/mol. The highest BCUT2D eigenvalue weighted by molar-refractivity contribution is 7.89. The maximum absolute atomic E-state index is 12.7. The Labute approximate surface area is 279 Å². The van der Waals surface area contributed by atoms with Gasteiger partial charge in [0, 0.05) is 67.5 Å². The summed E-state index contributed by atoms with van der Waals surface area (Å²) < 4.78 is 58.2. The van der Waals surface area contributed by atoms with Gasteiger partial charge in [0.05, 0.1) is 16.1 Å². The molecule has 3 N–H and O–H groups in total. The number of amides is 1. The Morgan fingerprint density at radius 3 is 2.34 bits per heavy atom. The van der Waals surface area contributed by atoms with Gasteiger partial charge in [-0.15, -0.1) is 0 Å². The van der Waals surface area contributed by atoms with Gasteiger partial charge in [-0.2, -0.15) is 13.0 Å². The molecule has 2 aromatic rings. The summed E-state index contributed by atoms with van der Waals surface area (Å²) in [6.45, 7) is 12.0. The molecule has 2 aliphatic heterocycles. The number of para-hydroxylation sites is 1. The van der Waals surface area contributed by atoms with Gasteiger partial charge >= 0.3 is 0 Å². The Kier molecular flexibility index (Phi) is 10.7. The first kappa shape index (κ1) is 36.3. The molecule has 12 heteroatoms. The van der Waals surface area contributed by atoms with Crippen molar-refractivity contribution in [3.05, 3.63) is 89.7 Å². The monoisotopic (exact) mass is 683 g/mol. The Morgan fingerprint density at radius 2 is 1.68 bits per heavy atom. The summed E-state index contributed by atoms with van der Waals surface area (Å²) in [5, 5.41) is 5.46. The van der Waals surface area contributed by atoms with Crippen molar-refractivity contribution in [1.82, 2.24) is 4.90 Å². The van der Waals surface area contributed by atoms with Crippen LogP contribution in [0.5, 0.6) is 0 Å². The topological polar surface area (TPSA) is 141 Å². The largest absolute Gasteiger partial charge is 0.346 e. The van der Waals surface area contributed by atoms with Crippen molar-refractivity contribution in [2.24, 2.45) is 5.14 Å². The van der Waals surface area contributed by atoms with Crippen LogP contribution in [-0.2, 0) is 35.8 Å². The molecule has 10 nitrogen and oxygen atoms in total. The Balaban J connectivity index is 1.65. The maximum Gasteiger partial charge on any atom is 0.264 e. The Hall–Kier alpha value is -3.58. The average Bonchev–Trinajstić information content (AvgIpc) is 3.34. The van der Waals surface area contributed by atoms with E-state index in [4.69, 9.17) is 9.69 Å². The first-order valence-electron chi connectivity index (χ1n) is 15.8. The maximum atomic E-state index is 12.7. The van der Waals surface area contributed by atoms with Crippen LogP contribution < -0.4 is 10.0 Å². The lowest BCUT2D eigenvalue weighted by molar-refractivity contribution is -0.438. The lowest BCUT2D eigenvalue weighted by Gasteiger charge is -2.27. The number of benzene rings is 2. The highest BCUT2D eigenvalue weighted by Crippen LogP contribution is 2.48. The van der Waals surface area contributed by atoms with E-state index >= 15 is 0 Å². The van der Waals surface area contributed by atoms with Crippen LogP contribution in [0, 0.1) is 0 Å². The molecule has 0 atom stereocenters. The first-order valence-corrected chi connectivity index (χ1v) is 19.0. The normalized spacial score (nSPS) is 18.0. The van der Waals surface area contributed by atoms with E-state index in [-0.39, 0.29) is 22.0 Å². The van der Waals surface area contributed by atoms with Crippen LogP contribution in [0.15, 0.2) is 83.4 Å². The molecule has 47 heavy (non-hydrogen) atoms. The molecule has 4 rings (SSSR count). The Bertz CT molecular complexity index is 1870. The van der Waals surface area contributed by atoms with Crippen LogP contribution in [0.2, 0.25) is 0 Å². The fourth-order valence-electron chi connectivity index (χ4n) is 6.44. The second kappa shape index (κ2) is 13.9. The van der Waals surface area contributed by atoms with Gasteiger partial charge in [0.1, 0.15) is 6.54 Å². The zero-order valence-electron chi connectivity index (χ0n) is 28.1. The third-order valence-electron chi connectivity index (χ3n) is 9.20. The van der Waals surface area contributed by atoms with Crippen LogP contribution in [-0.4, -0.2) is 74.9 Å². The number of unbranched alkanes of at least 4 members (excludes halogenated alkanes) is 1. The molecule has 2 aromatic carbocycles. The number of primary sulfonamides is 1. The second-order valence-corrected chi connectivity index (χ2v) is 16.3. The lowest BCUT2D eigenvalue weighted by atomic mass is 9.81. The number of hydrogen-bond donors (Lipinski definition) is 2. The fraction of sp³-hybridized carbons (Fsp3) is 0.429. The Morgan fingerprint density at radius 1 is 0.979 bits per heavy atom. The number of carbonyl (C=O) groups excluding carboxylic acids is 1. The number of nitrogens with two attached hydrogens (primary N) is 1. The molecule has 254 valence electrons. The predicted octanol–water partition coefficient (Wildman–Crippen LogP) is 5.04. The van der Waals surface area contributed by atoms with Crippen molar-refractivity contribution in [3.63, 3.8) is 0 Å². The number of anilines is 1. The summed E-state index contributed by atoms with van der Waals surface area (Å²) in [5.41, 5.74) is 5.09. The van der Waals surface area contributed by atoms with Gasteiger partial charge in [0.2, 0.25) is 21.6 Å². The van der Waals surface area contributed by atoms with Crippen LogP contribution in [0.1, 0.15) is 65.0 Å². The zero-order valence-corrected chi connectivity index (χ0v) is 29.7. The first-order chi connectivity index (χ1) is 21.9. The smallest absolute Gasteiger partial charge is 0.264 e. The molecule has 2 aliphatic rings. The summed E-state index contributed by atoms with van der Waals surface area (Å²) >= 11 is 0.